The van der Waals surface area contributed by atoms with Gasteiger partial charge in [0.2, 0.25) is 0 Å². The van der Waals surface area contributed by atoms with Crippen LogP contribution in [0.2, 0.25) is 0 Å². The largest absolute Gasteiger partial charge is 0.0616 e. The van der Waals surface area contributed by atoms with Crippen LogP contribution in [0.15, 0.2) is 315 Å². The van der Waals surface area contributed by atoms with Crippen molar-refractivity contribution in [2.45, 2.75) is 57.8 Å². The molecular weight excluding hydrogens is 1170 g/mol. The summed E-state index contributed by atoms with van der Waals surface area (Å²) in [6.45, 7) is 14.5. The molecule has 0 unspecified atom stereocenters. The molecule has 0 nitrogen and oxygen atoms in total. The van der Waals surface area contributed by atoms with Crippen LogP contribution in [0.5, 0.6) is 0 Å². The van der Waals surface area contributed by atoms with Crippen LogP contribution in [-0.4, -0.2) is 0 Å². The van der Waals surface area contributed by atoms with Crippen LogP contribution in [0.1, 0.15) is 74.9 Å². The highest BCUT2D eigenvalue weighted by atomic mass is 14.4. The van der Waals surface area contributed by atoms with E-state index in [0.29, 0.717) is 0 Å². The van der Waals surface area contributed by atoms with Crippen molar-refractivity contribution in [3.63, 3.8) is 0 Å². The predicted octanol–water partition coefficient (Wildman–Crippen LogP) is 26.6. The summed E-state index contributed by atoms with van der Waals surface area (Å²) < 4.78 is 0. The minimum absolute atomic E-state index is 0.210. The quantitative estimate of drug-likeness (QED) is 0.142. The standard InChI is InChI=1S/C97H70/c1-95(2)89-53-63(65-37-43-85-87-45-39-67(57-93(87)96(3,4)91(85)55-65)69-47-71(79-31-15-23-59-19-7-11-27-75(59)79)51-72(48-69)80-32-16-24-60-20-8-12-28-76(60)80)35-41-83(89)84-42-36-64(54-90(84)95)66-38-44-86-88-46-40-68(58-94(88)97(5,6)92(86)56-66)70-49-73(81-33-17-25-61-21-9-13-29-77(61)81)52-74(50-70)82-34-18-26-62-22-10-14-30-78(62)82/h7-58H,1-6H3. The monoisotopic (exact) mass is 1230 g/mol. The molecule has 3 aliphatic carbocycles. The minimum Gasteiger partial charge on any atom is -0.0616 e. The molecule has 0 radical (unpaired) electrons. The zero-order chi connectivity index (χ0) is 65.1. The molecule has 0 heteroatoms. The smallest absolute Gasteiger partial charge is 0.0159 e. The van der Waals surface area contributed by atoms with Crippen molar-refractivity contribution in [2.75, 3.05) is 0 Å². The molecule has 0 saturated heterocycles. The van der Waals surface area contributed by atoms with Crippen molar-refractivity contribution in [2.24, 2.45) is 0 Å². The first kappa shape index (κ1) is 57.0. The van der Waals surface area contributed by atoms with E-state index in [0.717, 1.165) is 0 Å². The normalized spacial score (nSPS) is 14.1. The minimum atomic E-state index is -0.223. The van der Waals surface area contributed by atoms with Gasteiger partial charge in [0.25, 0.3) is 0 Å². The Labute approximate surface area is 568 Å². The molecule has 0 aliphatic heterocycles. The Hall–Kier alpha value is -11.4. The maximum atomic E-state index is 2.49. The Morgan fingerprint density at radius 3 is 0.557 bits per heavy atom. The second kappa shape index (κ2) is 21.3. The van der Waals surface area contributed by atoms with Gasteiger partial charge < -0.3 is 0 Å². The number of hydrogen-bond acceptors (Lipinski definition) is 0. The zero-order valence-electron chi connectivity index (χ0n) is 55.5. The number of benzene rings is 16. The Kier molecular flexibility index (Phi) is 12.5. The molecule has 0 bridgehead atoms. The molecule has 0 heterocycles. The van der Waals surface area contributed by atoms with Gasteiger partial charge in [-0.25, -0.2) is 0 Å². The highest BCUT2D eigenvalue weighted by Crippen LogP contribution is 2.56. The van der Waals surface area contributed by atoms with E-state index in [1.165, 1.54) is 199 Å². The van der Waals surface area contributed by atoms with Crippen molar-refractivity contribution in [3.8, 4) is 122 Å². The molecule has 3 aliphatic rings. The van der Waals surface area contributed by atoms with E-state index < -0.39 is 0 Å². The molecule has 0 aromatic heterocycles. The van der Waals surface area contributed by atoms with Crippen LogP contribution in [0.3, 0.4) is 0 Å². The maximum Gasteiger partial charge on any atom is 0.0159 e. The van der Waals surface area contributed by atoms with E-state index in [2.05, 4.69) is 357 Å². The average molecular weight is 1240 g/mol. The summed E-state index contributed by atoms with van der Waals surface area (Å²) in [5.74, 6) is 0. The molecule has 0 amide bonds. The Bertz CT molecular complexity index is 5450. The number of fused-ring (bicyclic) bond motifs is 13. The van der Waals surface area contributed by atoms with Gasteiger partial charge in [-0.15, -0.1) is 0 Å². The number of hydrogen-bond donors (Lipinski definition) is 0. The topological polar surface area (TPSA) is 0 Å². The maximum absolute atomic E-state index is 2.49. The summed E-state index contributed by atoms with van der Waals surface area (Å²) in [5, 5.41) is 10.0. The lowest BCUT2D eigenvalue weighted by Gasteiger charge is -2.24. The fourth-order valence-corrected chi connectivity index (χ4v) is 17.4. The lowest BCUT2D eigenvalue weighted by Crippen LogP contribution is -2.16. The van der Waals surface area contributed by atoms with Crippen LogP contribution in [-0.2, 0) is 16.2 Å². The van der Waals surface area contributed by atoms with Crippen LogP contribution in [0.4, 0.5) is 0 Å². The van der Waals surface area contributed by atoms with E-state index in [-0.39, 0.29) is 16.2 Å². The SMILES string of the molecule is CC1(C)c2cc(-c3cc(-c4cccc5ccccc45)cc(-c4cccc5ccccc45)c3)ccc2-c2ccc(-c3ccc4c(c3)C(C)(C)c3cc(-c5ccc6c(c5)C(C)(C)c5cc(-c7cc(-c8cccc9ccccc89)cc(-c8cccc9ccccc89)c7)ccc5-6)ccc3-4)cc21. The highest BCUT2D eigenvalue weighted by Gasteiger charge is 2.40. The molecule has 0 fully saturated rings. The van der Waals surface area contributed by atoms with Crippen LogP contribution >= 0.6 is 0 Å². The lowest BCUT2D eigenvalue weighted by molar-refractivity contribution is 0.659. The van der Waals surface area contributed by atoms with Gasteiger partial charge in [0, 0.05) is 16.2 Å². The van der Waals surface area contributed by atoms with Gasteiger partial charge in [-0.2, -0.15) is 0 Å². The van der Waals surface area contributed by atoms with Crippen LogP contribution < -0.4 is 0 Å². The van der Waals surface area contributed by atoms with Gasteiger partial charge in [-0.05, 0) is 272 Å². The summed E-state index contributed by atoms with van der Waals surface area (Å²) >= 11 is 0. The highest BCUT2D eigenvalue weighted by molar-refractivity contribution is 6.04. The fourth-order valence-electron chi connectivity index (χ4n) is 17.4. The van der Waals surface area contributed by atoms with Crippen molar-refractivity contribution in [1.82, 2.24) is 0 Å². The van der Waals surface area contributed by atoms with Crippen molar-refractivity contribution in [1.29, 1.82) is 0 Å². The van der Waals surface area contributed by atoms with Crippen LogP contribution in [0, 0.1) is 0 Å². The molecule has 0 N–H and O–H groups in total. The molecule has 458 valence electrons. The second-order valence-corrected chi connectivity index (χ2v) is 29.1. The van der Waals surface area contributed by atoms with E-state index in [4.69, 9.17) is 0 Å². The summed E-state index contributed by atoms with van der Waals surface area (Å²) in [6, 6.07) is 120. The van der Waals surface area contributed by atoms with Gasteiger partial charge >= 0.3 is 0 Å². The molecular formula is C97H70. The second-order valence-electron chi connectivity index (χ2n) is 29.1. The first-order chi connectivity index (χ1) is 47.3. The van der Waals surface area contributed by atoms with Crippen LogP contribution in [0.25, 0.3) is 165 Å². The van der Waals surface area contributed by atoms with E-state index >= 15 is 0 Å². The Morgan fingerprint density at radius 1 is 0.144 bits per heavy atom. The first-order valence-corrected chi connectivity index (χ1v) is 34.4. The zero-order valence-corrected chi connectivity index (χ0v) is 55.5. The molecule has 0 saturated carbocycles. The van der Waals surface area contributed by atoms with Gasteiger partial charge in [-0.1, -0.05) is 284 Å². The molecule has 97 heavy (non-hydrogen) atoms. The third kappa shape index (κ3) is 8.89. The lowest BCUT2D eigenvalue weighted by atomic mass is 9.79. The molecule has 16 aromatic rings. The van der Waals surface area contributed by atoms with Gasteiger partial charge in [0.15, 0.2) is 0 Å². The summed E-state index contributed by atoms with van der Waals surface area (Å²) in [4.78, 5) is 0. The number of rotatable bonds is 8. The average Bonchev–Trinajstić information content (AvgIpc) is 1.59. The van der Waals surface area contributed by atoms with Gasteiger partial charge in [0.1, 0.15) is 0 Å². The molecule has 0 atom stereocenters. The van der Waals surface area contributed by atoms with Gasteiger partial charge in [0.05, 0.1) is 0 Å². The van der Waals surface area contributed by atoms with Crippen molar-refractivity contribution in [3.05, 3.63) is 349 Å². The summed E-state index contributed by atoms with van der Waals surface area (Å²) in [7, 11) is 0. The molecule has 19 rings (SSSR count). The molecule has 16 aromatic carbocycles. The van der Waals surface area contributed by atoms with Crippen molar-refractivity contribution >= 4 is 43.1 Å². The molecule has 0 spiro atoms. The van der Waals surface area contributed by atoms with E-state index in [9.17, 15) is 0 Å². The summed E-state index contributed by atoms with van der Waals surface area (Å²) in [6.07, 6.45) is 0. The van der Waals surface area contributed by atoms with Gasteiger partial charge in [-0.3, -0.25) is 0 Å². The van der Waals surface area contributed by atoms with E-state index in [1.807, 2.05) is 0 Å². The Balaban J connectivity index is 0.625. The van der Waals surface area contributed by atoms with E-state index in [1.54, 1.807) is 0 Å². The fraction of sp³-hybridized carbons (Fsp3) is 0.0928. The summed E-state index contributed by atoms with van der Waals surface area (Å²) in [5.41, 5.74) is 35.4. The third-order valence-electron chi connectivity index (χ3n) is 22.6. The predicted molar refractivity (Wildman–Crippen MR) is 413 cm³/mol. The Morgan fingerprint density at radius 2 is 0.330 bits per heavy atom. The third-order valence-corrected chi connectivity index (χ3v) is 22.6. The first-order valence-electron chi connectivity index (χ1n) is 34.4. The van der Waals surface area contributed by atoms with Crippen molar-refractivity contribution < 1.29 is 0 Å².